The fraction of sp³-hybridized carbons (Fsp3) is 0.188. The molecule has 2 aromatic rings. The molecule has 104 valence electrons. The molecular weight excluding hydrogens is 268 g/mol. The van der Waals surface area contributed by atoms with Crippen LogP contribution >= 0.6 is 11.8 Å². The Bertz CT molecular complexity index is 621. The minimum atomic E-state index is 0.144. The largest absolute Gasteiger partial charge is 0.409 e. The quantitative estimate of drug-likeness (QED) is 0.296. The highest BCUT2D eigenvalue weighted by Gasteiger charge is 2.04. The van der Waals surface area contributed by atoms with Gasteiger partial charge in [-0.3, -0.25) is 0 Å². The van der Waals surface area contributed by atoms with Crippen molar-refractivity contribution in [3.05, 3.63) is 64.7 Å². The third kappa shape index (κ3) is 3.54. The van der Waals surface area contributed by atoms with Gasteiger partial charge in [0, 0.05) is 16.2 Å². The molecule has 0 aliphatic carbocycles. The molecule has 20 heavy (non-hydrogen) atoms. The molecule has 0 saturated heterocycles. The van der Waals surface area contributed by atoms with Gasteiger partial charge in [0.25, 0.3) is 0 Å². The highest BCUT2D eigenvalue weighted by atomic mass is 32.2. The van der Waals surface area contributed by atoms with Crippen molar-refractivity contribution in [2.45, 2.75) is 24.5 Å². The van der Waals surface area contributed by atoms with Gasteiger partial charge in [-0.05, 0) is 43.2 Å². The van der Waals surface area contributed by atoms with Crippen LogP contribution in [-0.4, -0.2) is 11.0 Å². The van der Waals surface area contributed by atoms with Crippen LogP contribution in [0.1, 0.15) is 22.3 Å². The number of hydrogen-bond acceptors (Lipinski definition) is 3. The first-order valence-corrected chi connectivity index (χ1v) is 7.35. The van der Waals surface area contributed by atoms with E-state index in [4.69, 9.17) is 10.9 Å². The molecule has 2 rings (SSSR count). The van der Waals surface area contributed by atoms with Crippen LogP contribution in [0.5, 0.6) is 0 Å². The first-order chi connectivity index (χ1) is 9.60. The van der Waals surface area contributed by atoms with Gasteiger partial charge in [0.2, 0.25) is 0 Å². The number of rotatable bonds is 4. The molecular formula is C16H18N2OS. The van der Waals surface area contributed by atoms with Gasteiger partial charge in [-0.15, -0.1) is 11.8 Å². The molecule has 2 aromatic carbocycles. The molecule has 0 amide bonds. The lowest BCUT2D eigenvalue weighted by Gasteiger charge is -2.08. The van der Waals surface area contributed by atoms with Gasteiger partial charge >= 0.3 is 0 Å². The molecule has 0 aliphatic rings. The van der Waals surface area contributed by atoms with Crippen LogP contribution in [0.2, 0.25) is 0 Å². The van der Waals surface area contributed by atoms with E-state index in [0.29, 0.717) is 0 Å². The number of nitrogens with zero attached hydrogens (tertiary/aromatic N) is 1. The van der Waals surface area contributed by atoms with Crippen LogP contribution < -0.4 is 5.73 Å². The predicted molar refractivity (Wildman–Crippen MR) is 84.4 cm³/mol. The molecule has 4 heteroatoms. The Balaban J connectivity index is 2.08. The summed E-state index contributed by atoms with van der Waals surface area (Å²) in [6.45, 7) is 4.13. The summed E-state index contributed by atoms with van der Waals surface area (Å²) < 4.78 is 0. The Kier molecular flexibility index (Phi) is 4.69. The molecule has 0 fully saturated rings. The second-order valence-electron chi connectivity index (χ2n) is 4.73. The van der Waals surface area contributed by atoms with E-state index >= 15 is 0 Å². The average Bonchev–Trinajstić information content (AvgIpc) is 2.46. The Hall–Kier alpha value is -1.94. The molecule has 0 heterocycles. The van der Waals surface area contributed by atoms with E-state index in [1.165, 1.54) is 16.0 Å². The normalized spacial score (nSPS) is 11.6. The van der Waals surface area contributed by atoms with Gasteiger partial charge in [0.1, 0.15) is 0 Å². The van der Waals surface area contributed by atoms with E-state index in [2.05, 4.69) is 36.3 Å². The van der Waals surface area contributed by atoms with E-state index < -0.39 is 0 Å². The highest BCUT2D eigenvalue weighted by molar-refractivity contribution is 7.98. The minimum Gasteiger partial charge on any atom is -0.409 e. The number of oxime groups is 1. The van der Waals surface area contributed by atoms with Gasteiger partial charge in [0.05, 0.1) is 0 Å². The fourth-order valence-corrected chi connectivity index (χ4v) is 2.85. The SMILES string of the molecule is Cc1ccc(SCc2ccc(/C(N)=N/O)cc2C)cc1. The molecule has 0 bridgehead atoms. The maximum absolute atomic E-state index is 8.68. The standard InChI is InChI=1S/C16H18N2OS/c1-11-3-7-15(8-4-11)20-10-14-6-5-13(9-12(14)2)16(17)18-19/h3-9,19H,10H2,1-2H3,(H2,17,18). The third-order valence-electron chi connectivity index (χ3n) is 3.16. The number of aryl methyl sites for hydroxylation is 2. The molecule has 0 radical (unpaired) electrons. The van der Waals surface area contributed by atoms with E-state index in [9.17, 15) is 0 Å². The van der Waals surface area contributed by atoms with Crippen LogP contribution in [0, 0.1) is 13.8 Å². The number of amidine groups is 1. The van der Waals surface area contributed by atoms with Crippen LogP contribution in [0.25, 0.3) is 0 Å². The second-order valence-corrected chi connectivity index (χ2v) is 5.78. The van der Waals surface area contributed by atoms with E-state index in [1.807, 2.05) is 25.1 Å². The zero-order valence-corrected chi connectivity index (χ0v) is 12.4. The minimum absolute atomic E-state index is 0.144. The Labute approximate surface area is 123 Å². The lowest BCUT2D eigenvalue weighted by Crippen LogP contribution is -2.13. The third-order valence-corrected chi connectivity index (χ3v) is 4.22. The Morgan fingerprint density at radius 2 is 1.85 bits per heavy atom. The van der Waals surface area contributed by atoms with Crippen molar-refractivity contribution in [2.75, 3.05) is 0 Å². The van der Waals surface area contributed by atoms with Crippen LogP contribution in [0.4, 0.5) is 0 Å². The number of nitrogens with two attached hydrogens (primary N) is 1. The highest BCUT2D eigenvalue weighted by Crippen LogP contribution is 2.25. The van der Waals surface area contributed by atoms with Gasteiger partial charge in [-0.2, -0.15) is 0 Å². The lowest BCUT2D eigenvalue weighted by atomic mass is 10.1. The summed E-state index contributed by atoms with van der Waals surface area (Å²) in [7, 11) is 0. The Morgan fingerprint density at radius 1 is 1.15 bits per heavy atom. The van der Waals surface area contributed by atoms with Gasteiger partial charge in [0.15, 0.2) is 5.84 Å². The van der Waals surface area contributed by atoms with E-state index in [0.717, 1.165) is 16.9 Å². The topological polar surface area (TPSA) is 58.6 Å². The molecule has 0 aliphatic heterocycles. The number of thioether (sulfide) groups is 1. The fourth-order valence-electron chi connectivity index (χ4n) is 1.87. The summed E-state index contributed by atoms with van der Waals surface area (Å²) in [6, 6.07) is 14.4. The smallest absolute Gasteiger partial charge is 0.170 e. The maximum atomic E-state index is 8.68. The van der Waals surface area contributed by atoms with Crippen molar-refractivity contribution in [3.8, 4) is 0 Å². The summed E-state index contributed by atoms with van der Waals surface area (Å²) in [5, 5.41) is 11.7. The zero-order chi connectivity index (χ0) is 14.5. The summed E-state index contributed by atoms with van der Waals surface area (Å²) in [6.07, 6.45) is 0. The van der Waals surface area contributed by atoms with Crippen molar-refractivity contribution in [3.63, 3.8) is 0 Å². The maximum Gasteiger partial charge on any atom is 0.170 e. The van der Waals surface area contributed by atoms with Crippen molar-refractivity contribution < 1.29 is 5.21 Å². The molecule has 0 aromatic heterocycles. The molecule has 0 spiro atoms. The second kappa shape index (κ2) is 6.48. The summed E-state index contributed by atoms with van der Waals surface area (Å²) in [5.74, 6) is 1.05. The summed E-state index contributed by atoms with van der Waals surface area (Å²) >= 11 is 1.81. The van der Waals surface area contributed by atoms with Crippen LogP contribution in [-0.2, 0) is 5.75 Å². The van der Waals surface area contributed by atoms with Gasteiger partial charge < -0.3 is 10.9 Å². The summed E-state index contributed by atoms with van der Waals surface area (Å²) in [4.78, 5) is 1.26. The average molecular weight is 286 g/mol. The van der Waals surface area contributed by atoms with E-state index in [-0.39, 0.29) is 5.84 Å². The monoisotopic (exact) mass is 286 g/mol. The zero-order valence-electron chi connectivity index (χ0n) is 11.6. The number of hydrogen-bond donors (Lipinski definition) is 2. The van der Waals surface area contributed by atoms with Crippen LogP contribution in [0.15, 0.2) is 52.5 Å². The van der Waals surface area contributed by atoms with E-state index in [1.54, 1.807) is 11.8 Å². The first-order valence-electron chi connectivity index (χ1n) is 6.37. The van der Waals surface area contributed by atoms with Crippen LogP contribution in [0.3, 0.4) is 0 Å². The summed E-state index contributed by atoms with van der Waals surface area (Å²) in [5.41, 5.74) is 10.0. The number of benzene rings is 2. The van der Waals surface area contributed by atoms with Crippen molar-refractivity contribution >= 4 is 17.6 Å². The molecule has 3 N–H and O–H groups in total. The van der Waals surface area contributed by atoms with Crippen molar-refractivity contribution in [1.82, 2.24) is 0 Å². The van der Waals surface area contributed by atoms with Crippen molar-refractivity contribution in [2.24, 2.45) is 10.9 Å². The molecule has 0 atom stereocenters. The first kappa shape index (κ1) is 14.5. The predicted octanol–water partition coefficient (Wildman–Crippen LogP) is 3.69. The van der Waals surface area contributed by atoms with Crippen molar-refractivity contribution in [1.29, 1.82) is 0 Å². The molecule has 0 unspecified atom stereocenters. The molecule has 3 nitrogen and oxygen atoms in total. The lowest BCUT2D eigenvalue weighted by molar-refractivity contribution is 0.318. The van der Waals surface area contributed by atoms with Gasteiger partial charge in [-0.1, -0.05) is 35.0 Å². The Morgan fingerprint density at radius 3 is 2.45 bits per heavy atom. The molecule has 0 saturated carbocycles. The van der Waals surface area contributed by atoms with Gasteiger partial charge in [-0.25, -0.2) is 0 Å².